The highest BCUT2D eigenvalue weighted by Gasteiger charge is 2.14. The van der Waals surface area contributed by atoms with E-state index in [-0.39, 0.29) is 18.7 Å². The number of amides is 1. The molecule has 0 rings (SSSR count). The van der Waals surface area contributed by atoms with Crippen molar-refractivity contribution in [1.82, 2.24) is 10.2 Å². The van der Waals surface area contributed by atoms with Crippen LogP contribution in [0.1, 0.15) is 33.1 Å². The molecule has 106 valence electrons. The maximum Gasteiger partial charge on any atom is 0.303 e. The quantitative estimate of drug-likeness (QED) is 0.514. The van der Waals surface area contributed by atoms with Crippen LogP contribution in [0.3, 0.4) is 0 Å². The molecule has 1 atom stereocenters. The van der Waals surface area contributed by atoms with E-state index in [0.717, 1.165) is 26.1 Å². The Hall–Kier alpha value is -1.14. The number of nitrogens with one attached hydrogen (secondary N) is 1. The van der Waals surface area contributed by atoms with Crippen LogP contribution in [0.5, 0.6) is 0 Å². The van der Waals surface area contributed by atoms with Gasteiger partial charge < -0.3 is 21.1 Å². The number of carbonyl (C=O) groups excluding carboxylic acids is 1. The number of rotatable bonds is 10. The average molecular weight is 259 g/mol. The van der Waals surface area contributed by atoms with Gasteiger partial charge in [0.1, 0.15) is 0 Å². The van der Waals surface area contributed by atoms with Crippen LogP contribution in [0.25, 0.3) is 0 Å². The molecule has 1 amide bonds. The number of likely N-dealkylation sites (N-methyl/N-ethyl adjacent to an activating group) is 1. The minimum atomic E-state index is -0.932. The molecule has 0 aliphatic rings. The fourth-order valence-electron chi connectivity index (χ4n) is 1.62. The number of carboxylic acids is 1. The van der Waals surface area contributed by atoms with E-state index in [1.165, 1.54) is 0 Å². The van der Waals surface area contributed by atoms with Crippen molar-refractivity contribution in [3.63, 3.8) is 0 Å². The number of hydrogen-bond donors (Lipinski definition) is 3. The third-order valence-electron chi connectivity index (χ3n) is 2.72. The molecule has 0 radical (unpaired) electrons. The third-order valence-corrected chi connectivity index (χ3v) is 2.72. The zero-order valence-electron chi connectivity index (χ0n) is 11.3. The topological polar surface area (TPSA) is 95.7 Å². The first kappa shape index (κ1) is 16.9. The molecule has 0 spiro atoms. The molecule has 0 heterocycles. The Morgan fingerprint density at radius 1 is 1.33 bits per heavy atom. The van der Waals surface area contributed by atoms with Crippen molar-refractivity contribution in [2.75, 3.05) is 26.2 Å². The van der Waals surface area contributed by atoms with E-state index >= 15 is 0 Å². The molecular formula is C12H25N3O3. The Balaban J connectivity index is 3.77. The molecule has 0 saturated heterocycles. The summed E-state index contributed by atoms with van der Waals surface area (Å²) >= 11 is 0. The summed E-state index contributed by atoms with van der Waals surface area (Å²) in [6.07, 6.45) is 1.18. The third kappa shape index (κ3) is 8.03. The minimum absolute atomic E-state index is 0.0779. The van der Waals surface area contributed by atoms with Gasteiger partial charge in [-0.2, -0.15) is 0 Å². The van der Waals surface area contributed by atoms with Crippen molar-refractivity contribution in [1.29, 1.82) is 0 Å². The highest BCUT2D eigenvalue weighted by Crippen LogP contribution is 1.95. The maximum absolute atomic E-state index is 11.5. The van der Waals surface area contributed by atoms with E-state index in [1.807, 2.05) is 0 Å². The van der Waals surface area contributed by atoms with Gasteiger partial charge in [-0.25, -0.2) is 0 Å². The summed E-state index contributed by atoms with van der Waals surface area (Å²) in [7, 11) is 0. The monoisotopic (exact) mass is 259 g/mol. The van der Waals surface area contributed by atoms with E-state index in [0.29, 0.717) is 6.54 Å². The van der Waals surface area contributed by atoms with Crippen molar-refractivity contribution in [2.24, 2.45) is 5.73 Å². The van der Waals surface area contributed by atoms with Gasteiger partial charge in [0.05, 0.1) is 6.04 Å². The summed E-state index contributed by atoms with van der Waals surface area (Å²) in [6.45, 7) is 7.50. The second-order valence-corrected chi connectivity index (χ2v) is 4.26. The van der Waals surface area contributed by atoms with E-state index in [1.54, 1.807) is 0 Å². The summed E-state index contributed by atoms with van der Waals surface area (Å²) in [6, 6.07) is -0.734. The van der Waals surface area contributed by atoms with Crippen molar-refractivity contribution in [2.45, 2.75) is 39.2 Å². The van der Waals surface area contributed by atoms with Gasteiger partial charge >= 0.3 is 5.97 Å². The zero-order chi connectivity index (χ0) is 14.0. The molecule has 0 aliphatic carbocycles. The van der Waals surface area contributed by atoms with E-state index in [9.17, 15) is 9.59 Å². The standard InChI is InChI=1S/C12H25N3O3/c1-3-8-15(4-2)9-7-14-12(18)10(13)5-6-11(16)17/h10H,3-9,13H2,1-2H3,(H,14,18)(H,16,17). The number of nitrogens with two attached hydrogens (primary N) is 1. The lowest BCUT2D eigenvalue weighted by atomic mass is 10.1. The van der Waals surface area contributed by atoms with E-state index in [2.05, 4.69) is 24.1 Å². The van der Waals surface area contributed by atoms with Gasteiger partial charge in [0.2, 0.25) is 5.91 Å². The number of carbonyl (C=O) groups is 2. The molecule has 0 bridgehead atoms. The number of aliphatic carboxylic acids is 1. The van der Waals surface area contributed by atoms with Gasteiger partial charge in [-0.1, -0.05) is 13.8 Å². The second-order valence-electron chi connectivity index (χ2n) is 4.26. The summed E-state index contributed by atoms with van der Waals surface area (Å²) in [5, 5.41) is 11.2. The summed E-state index contributed by atoms with van der Waals surface area (Å²) in [5.74, 6) is -1.21. The normalized spacial score (nSPS) is 12.4. The summed E-state index contributed by atoms with van der Waals surface area (Å²) in [4.78, 5) is 24.1. The Kier molecular flexibility index (Phi) is 9.22. The first-order valence-electron chi connectivity index (χ1n) is 6.48. The van der Waals surface area contributed by atoms with Crippen molar-refractivity contribution in [3.05, 3.63) is 0 Å². The molecule has 0 aliphatic heterocycles. The van der Waals surface area contributed by atoms with Crippen molar-refractivity contribution < 1.29 is 14.7 Å². The molecule has 0 fully saturated rings. The largest absolute Gasteiger partial charge is 0.481 e. The van der Waals surface area contributed by atoms with Gasteiger partial charge in [0, 0.05) is 19.5 Å². The van der Waals surface area contributed by atoms with Gasteiger partial charge in [-0.3, -0.25) is 9.59 Å². The fraction of sp³-hybridized carbons (Fsp3) is 0.833. The molecule has 6 heteroatoms. The Bertz CT molecular complexity index is 259. The second kappa shape index (κ2) is 9.85. The van der Waals surface area contributed by atoms with Crippen LogP contribution >= 0.6 is 0 Å². The molecule has 1 unspecified atom stereocenters. The highest BCUT2D eigenvalue weighted by molar-refractivity contribution is 5.82. The first-order chi connectivity index (χ1) is 8.51. The molecule has 0 aromatic heterocycles. The van der Waals surface area contributed by atoms with Crippen LogP contribution in [0.2, 0.25) is 0 Å². The summed E-state index contributed by atoms with van der Waals surface area (Å²) < 4.78 is 0. The molecule has 6 nitrogen and oxygen atoms in total. The van der Waals surface area contributed by atoms with Gasteiger partial charge in [-0.05, 0) is 25.9 Å². The van der Waals surface area contributed by atoms with Crippen LogP contribution < -0.4 is 11.1 Å². The molecule has 18 heavy (non-hydrogen) atoms. The lowest BCUT2D eigenvalue weighted by Gasteiger charge is -2.20. The first-order valence-corrected chi connectivity index (χ1v) is 6.48. The Labute approximate surface area is 109 Å². The van der Waals surface area contributed by atoms with Gasteiger partial charge in [0.25, 0.3) is 0 Å². The number of hydrogen-bond acceptors (Lipinski definition) is 4. The van der Waals surface area contributed by atoms with Crippen molar-refractivity contribution in [3.8, 4) is 0 Å². The van der Waals surface area contributed by atoms with E-state index < -0.39 is 12.0 Å². The van der Waals surface area contributed by atoms with Gasteiger partial charge in [-0.15, -0.1) is 0 Å². The highest BCUT2D eigenvalue weighted by atomic mass is 16.4. The van der Waals surface area contributed by atoms with Crippen LogP contribution in [0, 0.1) is 0 Å². The number of nitrogens with zero attached hydrogens (tertiary/aromatic N) is 1. The molecular weight excluding hydrogens is 234 g/mol. The maximum atomic E-state index is 11.5. The fourth-order valence-corrected chi connectivity index (χ4v) is 1.62. The van der Waals surface area contributed by atoms with Gasteiger partial charge in [0.15, 0.2) is 0 Å². The van der Waals surface area contributed by atoms with E-state index in [4.69, 9.17) is 10.8 Å². The smallest absolute Gasteiger partial charge is 0.303 e. The lowest BCUT2D eigenvalue weighted by molar-refractivity contribution is -0.137. The van der Waals surface area contributed by atoms with Crippen LogP contribution in [-0.4, -0.2) is 54.1 Å². The van der Waals surface area contributed by atoms with Crippen LogP contribution in [0.15, 0.2) is 0 Å². The molecule has 0 aromatic rings. The molecule has 0 aromatic carbocycles. The number of carboxylic acid groups (broad SMARTS) is 1. The molecule has 4 N–H and O–H groups in total. The average Bonchev–Trinajstić information content (AvgIpc) is 2.34. The summed E-state index contributed by atoms with van der Waals surface area (Å²) in [5.41, 5.74) is 5.58. The molecule has 0 saturated carbocycles. The Morgan fingerprint density at radius 2 is 2.00 bits per heavy atom. The minimum Gasteiger partial charge on any atom is -0.481 e. The van der Waals surface area contributed by atoms with Crippen molar-refractivity contribution >= 4 is 11.9 Å². The SMILES string of the molecule is CCCN(CC)CCNC(=O)C(N)CCC(=O)O. The zero-order valence-corrected chi connectivity index (χ0v) is 11.3. The predicted molar refractivity (Wildman–Crippen MR) is 70.3 cm³/mol. The predicted octanol–water partition coefficient (Wildman–Crippen LogP) is 0.0266. The van der Waals surface area contributed by atoms with Crippen LogP contribution in [-0.2, 0) is 9.59 Å². The van der Waals surface area contributed by atoms with Crippen LogP contribution in [0.4, 0.5) is 0 Å². The Morgan fingerprint density at radius 3 is 2.50 bits per heavy atom. The lowest BCUT2D eigenvalue weighted by Crippen LogP contribution is -2.43.